The summed E-state index contributed by atoms with van der Waals surface area (Å²) in [4.78, 5) is 0. The fourth-order valence-corrected chi connectivity index (χ4v) is 2.83. The van der Waals surface area contributed by atoms with Crippen molar-refractivity contribution in [2.45, 2.75) is 31.4 Å². The Morgan fingerprint density at radius 1 is 1.00 bits per heavy atom. The second-order valence-corrected chi connectivity index (χ2v) is 4.59. The molecule has 1 aliphatic heterocycles. The summed E-state index contributed by atoms with van der Waals surface area (Å²) in [5.74, 6) is 0. The predicted octanol–water partition coefficient (Wildman–Crippen LogP) is -3.76. The van der Waals surface area contributed by atoms with Crippen LogP contribution in [0.3, 0.4) is 0 Å². The van der Waals surface area contributed by atoms with Crippen LogP contribution in [0.1, 0.15) is 20.7 Å². The average Bonchev–Trinajstić information content (AvgIpc) is 1.90. The first-order chi connectivity index (χ1) is 4.73. The molecule has 3 nitrogen and oxygen atoms in total. The Morgan fingerprint density at radius 2 is 1.36 bits per heavy atom. The van der Waals surface area contributed by atoms with Crippen molar-refractivity contribution in [1.29, 1.82) is 0 Å². The van der Waals surface area contributed by atoms with Crippen LogP contribution in [0.4, 0.5) is 0 Å². The van der Waals surface area contributed by atoms with Crippen LogP contribution >= 0.6 is 0 Å². The SMILES string of the molecule is C1CC[SiH2]CC1.OB(O)O.[H-].[Na+]. The molecule has 11 heavy (non-hydrogen) atoms. The first-order valence-electron chi connectivity index (χ1n) is 3.77. The molecule has 0 bridgehead atoms. The molecule has 1 saturated heterocycles. The molecule has 6 heteroatoms. The van der Waals surface area contributed by atoms with Gasteiger partial charge in [-0.3, -0.25) is 0 Å². The van der Waals surface area contributed by atoms with Crippen LogP contribution in [-0.4, -0.2) is 31.9 Å². The van der Waals surface area contributed by atoms with Crippen LogP contribution in [0.25, 0.3) is 0 Å². The molecule has 0 saturated carbocycles. The van der Waals surface area contributed by atoms with Gasteiger partial charge >= 0.3 is 36.9 Å². The van der Waals surface area contributed by atoms with E-state index in [0.29, 0.717) is 9.52 Å². The normalized spacial score (nSPS) is 15.5. The van der Waals surface area contributed by atoms with Gasteiger partial charge in [0.05, 0.1) is 0 Å². The van der Waals surface area contributed by atoms with E-state index in [1.165, 1.54) is 6.42 Å². The predicted molar refractivity (Wildman–Crippen MR) is 45.5 cm³/mol. The molecule has 0 unspecified atom stereocenters. The molecule has 1 fully saturated rings. The monoisotopic (exact) mass is 186 g/mol. The molecule has 3 N–H and O–H groups in total. The van der Waals surface area contributed by atoms with Crippen LogP contribution < -0.4 is 29.6 Å². The maximum Gasteiger partial charge on any atom is 1.00 e. The van der Waals surface area contributed by atoms with Crippen molar-refractivity contribution >= 4 is 16.8 Å². The summed E-state index contributed by atoms with van der Waals surface area (Å²) in [6, 6.07) is 3.28. The van der Waals surface area contributed by atoms with Crippen LogP contribution in [0.15, 0.2) is 0 Å². The van der Waals surface area contributed by atoms with Crippen molar-refractivity contribution in [3.63, 3.8) is 0 Å². The third-order valence-electron chi connectivity index (χ3n) is 1.50. The fourth-order valence-electron chi connectivity index (χ4n) is 1.06. The minimum atomic E-state index is -2.17. The van der Waals surface area contributed by atoms with Crippen molar-refractivity contribution in [3.05, 3.63) is 0 Å². The molecule has 1 rings (SSSR count). The van der Waals surface area contributed by atoms with Gasteiger partial charge in [0, 0.05) is 9.52 Å². The summed E-state index contributed by atoms with van der Waals surface area (Å²) in [6.07, 6.45) is 4.66. The maximum atomic E-state index is 7.17. The molecule has 0 amide bonds. The van der Waals surface area contributed by atoms with Gasteiger partial charge in [-0.2, -0.15) is 0 Å². The smallest absolute Gasteiger partial charge is 1.00 e. The van der Waals surface area contributed by atoms with E-state index in [4.69, 9.17) is 15.1 Å². The largest absolute Gasteiger partial charge is 1.00 e. The number of rotatable bonds is 0. The minimum Gasteiger partial charge on any atom is -1.00 e. The van der Waals surface area contributed by atoms with Crippen LogP contribution in [0.2, 0.25) is 12.1 Å². The fraction of sp³-hybridized carbons (Fsp3) is 1.00. The van der Waals surface area contributed by atoms with Crippen LogP contribution in [-0.2, 0) is 0 Å². The van der Waals surface area contributed by atoms with Gasteiger partial charge in [0.2, 0.25) is 0 Å². The topological polar surface area (TPSA) is 60.7 Å². The third-order valence-corrected chi connectivity index (χ3v) is 3.50. The summed E-state index contributed by atoms with van der Waals surface area (Å²) < 4.78 is 0. The molecule has 0 aromatic heterocycles. The molecule has 0 atom stereocenters. The van der Waals surface area contributed by atoms with E-state index in [1.54, 1.807) is 24.9 Å². The molecule has 0 aromatic rings. The first-order valence-corrected chi connectivity index (χ1v) is 5.77. The second kappa shape index (κ2) is 11.2. The van der Waals surface area contributed by atoms with E-state index >= 15 is 0 Å². The maximum absolute atomic E-state index is 7.17. The van der Waals surface area contributed by atoms with Gasteiger partial charge in [-0.1, -0.05) is 31.4 Å². The molecule has 1 heterocycles. The van der Waals surface area contributed by atoms with Gasteiger partial charge in [0.15, 0.2) is 0 Å². The molecule has 0 aliphatic carbocycles. The minimum absolute atomic E-state index is 0. The van der Waals surface area contributed by atoms with E-state index < -0.39 is 7.32 Å². The van der Waals surface area contributed by atoms with Gasteiger partial charge in [-0.25, -0.2) is 0 Å². The van der Waals surface area contributed by atoms with E-state index in [1.807, 2.05) is 0 Å². The summed E-state index contributed by atoms with van der Waals surface area (Å²) in [7, 11) is -1.66. The van der Waals surface area contributed by atoms with Crippen molar-refractivity contribution in [3.8, 4) is 0 Å². The van der Waals surface area contributed by atoms with Crippen LogP contribution in [0, 0.1) is 0 Å². The quantitative estimate of drug-likeness (QED) is 0.340. The van der Waals surface area contributed by atoms with Gasteiger partial charge < -0.3 is 16.5 Å². The summed E-state index contributed by atoms with van der Waals surface area (Å²) >= 11 is 0. The zero-order valence-corrected chi connectivity index (χ0v) is 10.6. The van der Waals surface area contributed by atoms with Gasteiger partial charge in [-0.05, 0) is 0 Å². The van der Waals surface area contributed by atoms with Crippen molar-refractivity contribution in [2.24, 2.45) is 0 Å². The Kier molecular flexibility index (Phi) is 14.9. The third kappa shape index (κ3) is 18.3. The van der Waals surface area contributed by atoms with Crippen LogP contribution in [0.5, 0.6) is 0 Å². The second-order valence-electron chi connectivity index (χ2n) is 2.47. The van der Waals surface area contributed by atoms with Crippen molar-refractivity contribution in [2.75, 3.05) is 0 Å². The standard InChI is InChI=1S/C5H12Si.BH3O3.Na.H/c1-2-4-6-5-3-1;2-1(3)4;;/h1-6H2;2-4H;;/q;;+1;-1. The van der Waals surface area contributed by atoms with Gasteiger partial charge in [0.1, 0.15) is 0 Å². The molecule has 0 spiro atoms. The number of hydrogen-bond acceptors (Lipinski definition) is 3. The molecular formula is C5H16BNaO3Si. The Labute approximate surface area is 94.0 Å². The van der Waals surface area contributed by atoms with E-state index in [-0.39, 0.29) is 31.0 Å². The average molecular weight is 186 g/mol. The zero-order chi connectivity index (χ0) is 7.82. The molecule has 0 aromatic carbocycles. The summed E-state index contributed by atoms with van der Waals surface area (Å²) in [6.45, 7) is 0. The Hall–Kier alpha value is 1.16. The number of hydrogen-bond donors (Lipinski definition) is 3. The van der Waals surface area contributed by atoms with Gasteiger partial charge in [-0.15, -0.1) is 0 Å². The zero-order valence-electron chi connectivity index (χ0n) is 8.16. The van der Waals surface area contributed by atoms with Gasteiger partial charge in [0.25, 0.3) is 0 Å². The van der Waals surface area contributed by atoms with Crippen molar-refractivity contribution in [1.82, 2.24) is 0 Å². The summed E-state index contributed by atoms with van der Waals surface area (Å²) in [5.41, 5.74) is 0. The Bertz CT molecular complexity index is 63.4. The molecule has 62 valence electrons. The molecular weight excluding hydrogens is 170 g/mol. The Balaban J connectivity index is -0.000000124. The molecule has 0 radical (unpaired) electrons. The first kappa shape index (κ1) is 14.7. The summed E-state index contributed by atoms with van der Waals surface area (Å²) in [5, 5.41) is 21.5. The van der Waals surface area contributed by atoms with E-state index in [2.05, 4.69) is 0 Å². The van der Waals surface area contributed by atoms with Crippen molar-refractivity contribution < 1.29 is 46.1 Å². The van der Waals surface area contributed by atoms with E-state index in [0.717, 1.165) is 0 Å². The Morgan fingerprint density at radius 3 is 1.45 bits per heavy atom. The van der Waals surface area contributed by atoms with E-state index in [9.17, 15) is 0 Å². The molecule has 1 aliphatic rings.